The maximum atomic E-state index is 14.1. The molecule has 48 heavy (non-hydrogen) atoms. The van der Waals surface area contributed by atoms with Crippen LogP contribution in [-0.2, 0) is 26.7 Å². The van der Waals surface area contributed by atoms with Crippen molar-refractivity contribution in [3.63, 3.8) is 0 Å². The minimum atomic E-state index is -5.11. The number of amides is 1. The molecule has 1 amide bonds. The number of primary amides is 1. The summed E-state index contributed by atoms with van der Waals surface area (Å²) in [5, 5.41) is 57.0. The van der Waals surface area contributed by atoms with Crippen LogP contribution in [0.25, 0.3) is 17.9 Å². The largest absolute Gasteiger partial charge is 0.508 e. The van der Waals surface area contributed by atoms with Crippen LogP contribution in [0.4, 0.5) is 26.3 Å². The first-order valence-electron chi connectivity index (χ1n) is 14.2. The van der Waals surface area contributed by atoms with E-state index in [9.17, 15) is 66.3 Å². The van der Waals surface area contributed by atoms with Crippen molar-refractivity contribution < 1.29 is 66.3 Å². The SMILES string of the molecule is C[C@@H]1c2ccc(/C=C/c3cc(C(F)(F)F)cc(C(F)(F)F)c3)c(O)c2C(O)=C2C(=O)[C@@]3(O)C(O)=C(C(N)=O)C(=O)[C@H](N(C)C)[C@H]3C(O)[C@H]21. The molecule has 1 fully saturated rings. The van der Waals surface area contributed by atoms with Gasteiger partial charge >= 0.3 is 12.4 Å². The first-order chi connectivity index (χ1) is 22.0. The van der Waals surface area contributed by atoms with Gasteiger partial charge in [0, 0.05) is 17.1 Å². The van der Waals surface area contributed by atoms with Crippen molar-refractivity contribution in [2.45, 2.75) is 42.9 Å². The zero-order chi connectivity index (χ0) is 36.0. The molecular weight excluding hydrogens is 654 g/mol. The molecule has 2 aromatic carbocycles. The van der Waals surface area contributed by atoms with Crippen molar-refractivity contribution in [1.82, 2.24) is 4.90 Å². The lowest BCUT2D eigenvalue weighted by atomic mass is 9.54. The number of carbonyl (C=O) groups excluding carboxylic acids is 3. The molecule has 3 aliphatic rings. The third kappa shape index (κ3) is 5.05. The van der Waals surface area contributed by atoms with Gasteiger partial charge in [-0.25, -0.2) is 0 Å². The van der Waals surface area contributed by atoms with E-state index >= 15 is 0 Å². The molecule has 0 aliphatic heterocycles. The number of benzene rings is 2. The summed E-state index contributed by atoms with van der Waals surface area (Å²) in [4.78, 5) is 40.7. The van der Waals surface area contributed by atoms with Gasteiger partial charge in [0.15, 0.2) is 11.4 Å². The molecule has 1 saturated carbocycles. The molecule has 0 saturated heterocycles. The summed E-state index contributed by atoms with van der Waals surface area (Å²) >= 11 is 0. The average Bonchev–Trinajstić information content (AvgIpc) is 2.97. The Morgan fingerprint density at radius 2 is 1.52 bits per heavy atom. The molecule has 5 rings (SSSR count). The number of hydrogen-bond donors (Lipinski definition) is 6. The van der Waals surface area contributed by atoms with Crippen LogP contribution < -0.4 is 5.73 Å². The van der Waals surface area contributed by atoms with Gasteiger partial charge in [-0.3, -0.25) is 19.3 Å². The highest BCUT2D eigenvalue weighted by Gasteiger charge is 2.68. The number of aliphatic hydroxyl groups is 4. The lowest BCUT2D eigenvalue weighted by Gasteiger charge is -2.53. The Balaban J connectivity index is 1.67. The van der Waals surface area contributed by atoms with E-state index in [-0.39, 0.29) is 17.2 Å². The minimum Gasteiger partial charge on any atom is -0.508 e. The number of aromatic hydroxyl groups is 1. The molecule has 256 valence electrons. The van der Waals surface area contributed by atoms with Gasteiger partial charge in [-0.1, -0.05) is 31.2 Å². The summed E-state index contributed by atoms with van der Waals surface area (Å²) in [6, 6.07) is 1.91. The Morgan fingerprint density at radius 3 is 2.02 bits per heavy atom. The average molecular weight is 683 g/mol. The van der Waals surface area contributed by atoms with Gasteiger partial charge in [0.1, 0.15) is 22.8 Å². The van der Waals surface area contributed by atoms with E-state index in [0.717, 1.165) is 12.2 Å². The molecule has 16 heteroatoms. The lowest BCUT2D eigenvalue weighted by Crippen LogP contribution is -2.70. The maximum absolute atomic E-state index is 14.1. The van der Waals surface area contributed by atoms with E-state index < -0.39 is 116 Å². The van der Waals surface area contributed by atoms with E-state index in [4.69, 9.17) is 5.73 Å². The molecule has 1 unspecified atom stereocenters. The van der Waals surface area contributed by atoms with Crippen molar-refractivity contribution in [2.75, 3.05) is 14.1 Å². The standard InChI is InChI=1S/C32H28F6N2O8/c1-11-16-7-6-13(5-4-12-8-14(31(33,34)35)10-15(9-12)32(36,37)38)23(41)18(16)24(42)19-17(11)25(43)21-22(40(2)3)26(44)20(29(39)47)28(46)30(21,48)27(19)45/h4-11,17,21-22,25,41-43,46,48H,1-3H3,(H2,39,47)/b5-4+/t11-,17+,21+,22-,25?,30-/m1/s1. The molecule has 0 bridgehead atoms. The van der Waals surface area contributed by atoms with Crippen LogP contribution in [0.1, 0.15) is 46.2 Å². The summed E-state index contributed by atoms with van der Waals surface area (Å²) in [6.45, 7) is 1.49. The second-order valence-electron chi connectivity index (χ2n) is 12.2. The third-order valence-electron chi connectivity index (χ3n) is 9.23. The number of likely N-dealkylation sites (N-methyl/N-ethyl adjacent to an activating group) is 1. The van der Waals surface area contributed by atoms with E-state index in [1.165, 1.54) is 38.1 Å². The number of phenolic OH excluding ortho intramolecular Hbond substituents is 1. The van der Waals surface area contributed by atoms with Gasteiger partial charge < -0.3 is 31.3 Å². The highest BCUT2D eigenvalue weighted by Crippen LogP contribution is 2.56. The van der Waals surface area contributed by atoms with Gasteiger partial charge in [-0.15, -0.1) is 0 Å². The zero-order valence-corrected chi connectivity index (χ0v) is 25.2. The van der Waals surface area contributed by atoms with Crippen molar-refractivity contribution in [3.05, 3.63) is 80.6 Å². The van der Waals surface area contributed by atoms with Gasteiger partial charge in [-0.2, -0.15) is 26.3 Å². The lowest BCUT2D eigenvalue weighted by molar-refractivity contribution is -0.169. The van der Waals surface area contributed by atoms with Crippen molar-refractivity contribution in [3.8, 4) is 5.75 Å². The number of hydrogen-bond acceptors (Lipinski definition) is 9. The summed E-state index contributed by atoms with van der Waals surface area (Å²) in [5.74, 6) is -11.1. The first kappa shape index (κ1) is 34.7. The highest BCUT2D eigenvalue weighted by molar-refractivity contribution is 6.24. The normalized spacial score (nSPS) is 27.8. The van der Waals surface area contributed by atoms with Crippen LogP contribution in [-0.4, -0.2) is 79.7 Å². The maximum Gasteiger partial charge on any atom is 0.416 e. The molecule has 10 nitrogen and oxygen atoms in total. The number of rotatable bonds is 4. The van der Waals surface area contributed by atoms with Gasteiger partial charge in [-0.05, 0) is 49.3 Å². The Hall–Kier alpha value is -4.67. The van der Waals surface area contributed by atoms with Gasteiger partial charge in [0.2, 0.25) is 5.78 Å². The highest BCUT2D eigenvalue weighted by atomic mass is 19.4. The molecule has 7 N–H and O–H groups in total. The summed E-state index contributed by atoms with van der Waals surface area (Å²) in [5.41, 5.74) is -3.77. The summed E-state index contributed by atoms with van der Waals surface area (Å²) in [7, 11) is 2.72. The fraction of sp³-hybridized carbons (Fsp3) is 0.344. The van der Waals surface area contributed by atoms with Crippen LogP contribution in [0.2, 0.25) is 0 Å². The van der Waals surface area contributed by atoms with Gasteiger partial charge in [0.05, 0.1) is 34.8 Å². The van der Waals surface area contributed by atoms with Crippen LogP contribution in [0.5, 0.6) is 5.75 Å². The first-order valence-corrected chi connectivity index (χ1v) is 14.2. The Bertz CT molecular complexity index is 1830. The Morgan fingerprint density at radius 1 is 0.958 bits per heavy atom. The van der Waals surface area contributed by atoms with E-state index in [2.05, 4.69) is 0 Å². The van der Waals surface area contributed by atoms with E-state index in [1.54, 1.807) is 0 Å². The predicted molar refractivity (Wildman–Crippen MR) is 156 cm³/mol. The zero-order valence-electron chi connectivity index (χ0n) is 25.2. The number of Topliss-reactive ketones (excluding diaryl/α,β-unsaturated/α-hetero) is 2. The fourth-order valence-electron chi connectivity index (χ4n) is 7.03. The molecule has 0 aromatic heterocycles. The van der Waals surface area contributed by atoms with Crippen LogP contribution >= 0.6 is 0 Å². The number of carbonyl (C=O) groups is 3. The Labute approximate surface area is 267 Å². The number of alkyl halides is 6. The topological polar surface area (TPSA) is 182 Å². The van der Waals surface area contributed by atoms with Crippen LogP contribution in [0.15, 0.2) is 47.2 Å². The Kier molecular flexibility index (Phi) is 8.09. The second-order valence-corrected chi connectivity index (χ2v) is 12.2. The molecule has 0 radical (unpaired) electrons. The van der Waals surface area contributed by atoms with E-state index in [1.807, 2.05) is 0 Å². The van der Waals surface area contributed by atoms with Crippen molar-refractivity contribution in [1.29, 1.82) is 0 Å². The van der Waals surface area contributed by atoms with Crippen molar-refractivity contribution in [2.24, 2.45) is 17.6 Å². The molecule has 0 spiro atoms. The molecule has 3 aliphatic carbocycles. The fourth-order valence-corrected chi connectivity index (χ4v) is 7.03. The van der Waals surface area contributed by atoms with Crippen molar-refractivity contribution >= 4 is 35.4 Å². The second kappa shape index (κ2) is 11.2. The number of fused-ring (bicyclic) bond motifs is 3. The molecule has 6 atom stereocenters. The number of halogens is 6. The number of aliphatic hydroxyl groups excluding tert-OH is 3. The molecular formula is C32H28F6N2O8. The minimum absolute atomic E-state index is 0.0494. The predicted octanol–water partition coefficient (Wildman–Crippen LogP) is 3.70. The quantitative estimate of drug-likeness (QED) is 0.159. The number of phenols is 1. The van der Waals surface area contributed by atoms with Gasteiger partial charge in [0.25, 0.3) is 5.91 Å². The monoisotopic (exact) mass is 682 g/mol. The third-order valence-corrected chi connectivity index (χ3v) is 9.23. The smallest absolute Gasteiger partial charge is 0.416 e. The summed E-state index contributed by atoms with van der Waals surface area (Å²) < 4.78 is 80.0. The number of nitrogens with zero attached hydrogens (tertiary/aromatic N) is 1. The van der Waals surface area contributed by atoms with Crippen LogP contribution in [0, 0.1) is 11.8 Å². The summed E-state index contributed by atoms with van der Waals surface area (Å²) in [6.07, 6.45) is -10.2. The molecule has 0 heterocycles. The molecule has 2 aromatic rings. The number of nitrogens with two attached hydrogens (primary N) is 1. The van der Waals surface area contributed by atoms with Crippen LogP contribution in [0.3, 0.4) is 0 Å². The number of ketones is 2. The van der Waals surface area contributed by atoms with E-state index in [0.29, 0.717) is 12.1 Å².